The second kappa shape index (κ2) is 14.9. The molecule has 12 N–H and O–H groups in total. The van der Waals surface area contributed by atoms with Gasteiger partial charge in [0.2, 0.25) is 17.7 Å². The minimum atomic E-state index is -1.25. The number of nitrogens with two attached hydrogens (primary N) is 3. The molecule has 1 aromatic heterocycles. The Kier molecular flexibility index (Phi) is 11.7. The van der Waals surface area contributed by atoms with Crippen LogP contribution in [-0.2, 0) is 32.0 Å². The lowest BCUT2D eigenvalue weighted by Gasteiger charge is -2.23. The number of aromatic amines is 1. The van der Waals surface area contributed by atoms with E-state index in [1.54, 1.807) is 12.1 Å². The lowest BCUT2D eigenvalue weighted by Crippen LogP contribution is -2.57. The summed E-state index contributed by atoms with van der Waals surface area (Å²) in [5, 5.41) is 26.3. The van der Waals surface area contributed by atoms with Crippen molar-refractivity contribution in [2.75, 3.05) is 6.54 Å². The number of aromatic hydroxyl groups is 1. The van der Waals surface area contributed by atoms with Gasteiger partial charge in [-0.25, -0.2) is 9.78 Å². The molecule has 212 valence electrons. The molecule has 2 rings (SSSR count). The average Bonchev–Trinajstić information content (AvgIpc) is 3.39. The molecule has 3 amide bonds. The Morgan fingerprint density at radius 2 is 1.67 bits per heavy atom. The number of benzene rings is 1. The van der Waals surface area contributed by atoms with Gasteiger partial charge in [-0.05, 0) is 43.9 Å². The molecule has 1 heterocycles. The zero-order chi connectivity index (χ0) is 28.9. The first kappa shape index (κ1) is 30.6. The molecule has 15 nitrogen and oxygen atoms in total. The highest BCUT2D eigenvalue weighted by atomic mass is 16.4. The van der Waals surface area contributed by atoms with Gasteiger partial charge in [0, 0.05) is 24.9 Å². The van der Waals surface area contributed by atoms with Crippen LogP contribution in [0.1, 0.15) is 31.0 Å². The number of phenolic OH excluding ortho intramolecular Hbond substituents is 1. The number of hydrogen-bond donors (Lipinski definition) is 9. The summed E-state index contributed by atoms with van der Waals surface area (Å²) in [6, 6.07) is 1.75. The minimum Gasteiger partial charge on any atom is -0.508 e. The molecular weight excluding hydrogens is 510 g/mol. The van der Waals surface area contributed by atoms with Crippen molar-refractivity contribution in [3.8, 4) is 5.75 Å². The van der Waals surface area contributed by atoms with E-state index in [2.05, 4.69) is 30.9 Å². The fourth-order valence-electron chi connectivity index (χ4n) is 3.52. The van der Waals surface area contributed by atoms with Gasteiger partial charge >= 0.3 is 5.97 Å². The van der Waals surface area contributed by atoms with E-state index in [0.29, 0.717) is 17.7 Å². The van der Waals surface area contributed by atoms with Crippen LogP contribution in [0.25, 0.3) is 0 Å². The SMILES string of the molecule is CC(NC(=O)C(Cc1cnc[nH]1)NC(=O)C(N)Cc1ccc(O)cc1)C(=O)NC(CCCN=C(N)N)C(=O)O. The quantitative estimate of drug-likeness (QED) is 0.0664. The number of imidazole rings is 1. The van der Waals surface area contributed by atoms with E-state index in [1.165, 1.54) is 31.6 Å². The summed E-state index contributed by atoms with van der Waals surface area (Å²) in [7, 11) is 0. The van der Waals surface area contributed by atoms with Crippen LogP contribution in [0.15, 0.2) is 41.8 Å². The molecule has 0 saturated carbocycles. The third kappa shape index (κ3) is 10.7. The maximum absolute atomic E-state index is 13.1. The number of aliphatic carboxylic acids is 1. The zero-order valence-corrected chi connectivity index (χ0v) is 21.5. The Labute approximate surface area is 224 Å². The van der Waals surface area contributed by atoms with Crippen molar-refractivity contribution in [1.29, 1.82) is 0 Å². The highest BCUT2D eigenvalue weighted by Crippen LogP contribution is 2.11. The van der Waals surface area contributed by atoms with Gasteiger partial charge in [-0.3, -0.25) is 19.4 Å². The summed E-state index contributed by atoms with van der Waals surface area (Å²) in [6.07, 6.45) is 3.45. The lowest BCUT2D eigenvalue weighted by molar-refractivity contribution is -0.142. The van der Waals surface area contributed by atoms with Crippen molar-refractivity contribution in [2.24, 2.45) is 22.2 Å². The van der Waals surface area contributed by atoms with Crippen LogP contribution in [0.5, 0.6) is 5.75 Å². The Balaban J connectivity index is 2.01. The van der Waals surface area contributed by atoms with Crippen LogP contribution in [0, 0.1) is 0 Å². The molecule has 0 spiro atoms. The number of guanidine groups is 1. The van der Waals surface area contributed by atoms with Gasteiger partial charge in [-0.15, -0.1) is 0 Å². The normalized spacial score (nSPS) is 13.8. The molecule has 4 unspecified atom stereocenters. The van der Waals surface area contributed by atoms with Gasteiger partial charge in [0.15, 0.2) is 5.96 Å². The number of aromatic nitrogens is 2. The predicted molar refractivity (Wildman–Crippen MR) is 141 cm³/mol. The lowest BCUT2D eigenvalue weighted by atomic mass is 10.0. The number of aliphatic imine (C=N–C) groups is 1. The van der Waals surface area contributed by atoms with Crippen molar-refractivity contribution in [2.45, 2.75) is 56.8 Å². The number of carboxylic acids is 1. The summed E-state index contributed by atoms with van der Waals surface area (Å²) in [4.78, 5) is 60.6. The molecule has 0 radical (unpaired) electrons. The number of nitrogens with zero attached hydrogens (tertiary/aromatic N) is 2. The van der Waals surface area contributed by atoms with E-state index in [1.807, 2.05) is 0 Å². The van der Waals surface area contributed by atoms with Crippen molar-refractivity contribution in [1.82, 2.24) is 25.9 Å². The molecular formula is C24H35N9O6. The van der Waals surface area contributed by atoms with Crippen LogP contribution in [0.3, 0.4) is 0 Å². The van der Waals surface area contributed by atoms with E-state index in [4.69, 9.17) is 17.2 Å². The summed E-state index contributed by atoms with van der Waals surface area (Å²) >= 11 is 0. The Hall–Kier alpha value is -4.66. The number of nitrogens with one attached hydrogen (secondary N) is 4. The highest BCUT2D eigenvalue weighted by Gasteiger charge is 2.29. The Bertz CT molecular complexity index is 1130. The first-order chi connectivity index (χ1) is 18.5. The molecule has 0 saturated heterocycles. The molecule has 4 atom stereocenters. The number of amides is 3. The largest absolute Gasteiger partial charge is 0.508 e. The van der Waals surface area contributed by atoms with Gasteiger partial charge < -0.3 is 48.3 Å². The number of H-pyrrole nitrogens is 1. The first-order valence-corrected chi connectivity index (χ1v) is 12.2. The first-order valence-electron chi connectivity index (χ1n) is 12.2. The summed E-state index contributed by atoms with van der Waals surface area (Å²) < 4.78 is 0. The molecule has 1 aromatic carbocycles. The van der Waals surface area contributed by atoms with E-state index in [9.17, 15) is 29.4 Å². The fourth-order valence-corrected chi connectivity index (χ4v) is 3.52. The highest BCUT2D eigenvalue weighted by molar-refractivity contribution is 5.94. The van der Waals surface area contributed by atoms with E-state index < -0.39 is 47.9 Å². The zero-order valence-electron chi connectivity index (χ0n) is 21.5. The summed E-state index contributed by atoms with van der Waals surface area (Å²) in [6.45, 7) is 1.58. The number of hydrogen-bond acceptors (Lipinski definition) is 8. The van der Waals surface area contributed by atoms with Crippen LogP contribution >= 0.6 is 0 Å². The molecule has 2 aromatic rings. The maximum Gasteiger partial charge on any atom is 0.326 e. The van der Waals surface area contributed by atoms with Gasteiger partial charge in [0.05, 0.1) is 12.4 Å². The maximum atomic E-state index is 13.1. The fraction of sp³-hybridized carbons (Fsp3) is 0.417. The van der Waals surface area contributed by atoms with Crippen LogP contribution in [0.2, 0.25) is 0 Å². The van der Waals surface area contributed by atoms with Crippen LogP contribution in [0.4, 0.5) is 0 Å². The number of phenols is 1. The summed E-state index contributed by atoms with van der Waals surface area (Å²) in [5.41, 5.74) is 17.8. The van der Waals surface area contributed by atoms with Crippen molar-refractivity contribution in [3.05, 3.63) is 48.0 Å². The number of carbonyl (C=O) groups excluding carboxylic acids is 3. The topological polar surface area (TPSA) is 264 Å². The van der Waals surface area contributed by atoms with Crippen LogP contribution in [-0.4, -0.2) is 80.5 Å². The number of rotatable bonds is 15. The smallest absolute Gasteiger partial charge is 0.326 e. The third-order valence-electron chi connectivity index (χ3n) is 5.65. The Morgan fingerprint density at radius 3 is 2.26 bits per heavy atom. The van der Waals surface area contributed by atoms with Gasteiger partial charge in [0.25, 0.3) is 0 Å². The van der Waals surface area contributed by atoms with Crippen molar-refractivity contribution >= 4 is 29.7 Å². The van der Waals surface area contributed by atoms with Gasteiger partial charge in [-0.1, -0.05) is 12.1 Å². The molecule has 39 heavy (non-hydrogen) atoms. The van der Waals surface area contributed by atoms with Crippen LogP contribution < -0.4 is 33.2 Å². The van der Waals surface area contributed by atoms with E-state index in [0.717, 1.165) is 0 Å². The second-order valence-electron chi connectivity index (χ2n) is 8.90. The van der Waals surface area contributed by atoms with Crippen molar-refractivity contribution in [3.63, 3.8) is 0 Å². The standard InChI is InChI=1S/C24H35N9O6/c1-13(20(35)32-18(23(38)39)3-2-8-29-24(26)27)31-22(37)19(10-15-11-28-12-30-15)33-21(36)17(25)9-14-4-6-16(34)7-5-14/h4-7,11-13,17-19,34H,2-3,8-10,25H2,1H3,(H,28,30)(H,31,37)(H,32,35)(H,33,36)(H,38,39)(H4,26,27,29). The molecule has 0 aliphatic rings. The average molecular weight is 546 g/mol. The molecule has 0 aliphatic heterocycles. The molecule has 0 bridgehead atoms. The number of carboxylic acid groups (broad SMARTS) is 1. The van der Waals surface area contributed by atoms with Gasteiger partial charge in [-0.2, -0.15) is 0 Å². The molecule has 15 heteroatoms. The molecule has 0 fully saturated rings. The van der Waals surface area contributed by atoms with Gasteiger partial charge in [0.1, 0.15) is 23.9 Å². The third-order valence-corrected chi connectivity index (χ3v) is 5.65. The number of carbonyl (C=O) groups is 4. The minimum absolute atomic E-state index is 0.0282. The van der Waals surface area contributed by atoms with E-state index in [-0.39, 0.29) is 37.5 Å². The monoisotopic (exact) mass is 545 g/mol. The van der Waals surface area contributed by atoms with E-state index >= 15 is 0 Å². The Morgan fingerprint density at radius 1 is 1.00 bits per heavy atom. The van der Waals surface area contributed by atoms with Crippen molar-refractivity contribution < 1.29 is 29.4 Å². The predicted octanol–water partition coefficient (Wildman–Crippen LogP) is -2.16. The second-order valence-corrected chi connectivity index (χ2v) is 8.90. The summed E-state index contributed by atoms with van der Waals surface area (Å²) in [5.74, 6) is -3.32. The molecule has 0 aliphatic carbocycles.